The van der Waals surface area contributed by atoms with Crippen LogP contribution in [0.15, 0.2) is 182 Å². The number of hydrogen-bond acceptors (Lipinski definition) is 0. The second-order valence-electron chi connectivity index (χ2n) is 8.68. The summed E-state index contributed by atoms with van der Waals surface area (Å²) in [6.07, 6.45) is 0. The Labute approximate surface area is 237 Å². The molecule has 0 aromatic heterocycles. The van der Waals surface area contributed by atoms with Crippen LogP contribution in [0.4, 0.5) is 0 Å². The van der Waals surface area contributed by atoms with Gasteiger partial charge in [0.15, 0.2) is 0 Å². The van der Waals surface area contributed by atoms with Crippen molar-refractivity contribution in [1.82, 2.24) is 0 Å². The van der Waals surface area contributed by atoms with Gasteiger partial charge in [0.1, 0.15) is 0 Å². The Morgan fingerprint density at radius 1 is 0.205 bits per heavy atom. The van der Waals surface area contributed by atoms with Crippen molar-refractivity contribution < 1.29 is 0 Å². The number of hydrogen-bond donors (Lipinski definition) is 0. The lowest BCUT2D eigenvalue weighted by Crippen LogP contribution is -2.20. The van der Waals surface area contributed by atoms with Crippen LogP contribution in [0.3, 0.4) is 0 Å². The Balaban J connectivity index is 0.000000176. The highest BCUT2D eigenvalue weighted by atomic mass is 31.1. The molecule has 0 atom stereocenters. The molecule has 0 unspecified atom stereocenters. The highest BCUT2D eigenvalue weighted by Gasteiger charge is 2.16. The van der Waals surface area contributed by atoms with Crippen LogP contribution < -0.4 is 31.8 Å². The van der Waals surface area contributed by atoms with Gasteiger partial charge in [0, 0.05) is 0 Å². The van der Waals surface area contributed by atoms with E-state index in [4.69, 9.17) is 0 Å². The summed E-state index contributed by atoms with van der Waals surface area (Å²) < 4.78 is 0. The predicted octanol–water partition coefficient (Wildman–Crippen LogP) is 5.71. The largest absolute Gasteiger partial charge is 0.0814 e. The molecular formula is C36H33BP2. The van der Waals surface area contributed by atoms with Crippen molar-refractivity contribution in [3.63, 3.8) is 0 Å². The molecule has 0 amide bonds. The normalized spacial score (nSPS) is 10.3. The second-order valence-corrected chi connectivity index (χ2v) is 13.1. The van der Waals surface area contributed by atoms with Crippen LogP contribution in [0.25, 0.3) is 0 Å². The van der Waals surface area contributed by atoms with Crippen LogP contribution in [-0.4, -0.2) is 8.41 Å². The Morgan fingerprint density at radius 2 is 0.333 bits per heavy atom. The van der Waals surface area contributed by atoms with Crippen LogP contribution in [0.5, 0.6) is 0 Å². The smallest absolute Gasteiger partial charge is 0.0622 e. The Hall–Kier alpha value is -3.76. The Kier molecular flexibility index (Phi) is 10.9. The van der Waals surface area contributed by atoms with E-state index in [1.165, 1.54) is 31.8 Å². The van der Waals surface area contributed by atoms with Gasteiger partial charge in [-0.1, -0.05) is 182 Å². The van der Waals surface area contributed by atoms with Crippen molar-refractivity contribution >= 4 is 56.1 Å². The third-order valence-corrected chi connectivity index (χ3v) is 11.0. The first-order valence-electron chi connectivity index (χ1n) is 12.8. The lowest BCUT2D eigenvalue weighted by molar-refractivity contribution is 1.74. The van der Waals surface area contributed by atoms with Gasteiger partial charge in [-0.3, -0.25) is 0 Å². The molecule has 6 aromatic rings. The van der Waals surface area contributed by atoms with E-state index in [0.717, 1.165) is 0 Å². The van der Waals surface area contributed by atoms with Gasteiger partial charge in [0.25, 0.3) is 0 Å². The van der Waals surface area contributed by atoms with Crippen molar-refractivity contribution in [1.29, 1.82) is 0 Å². The average molecular weight is 538 g/mol. The zero-order valence-electron chi connectivity index (χ0n) is 21.2. The fourth-order valence-electron chi connectivity index (χ4n) is 4.36. The van der Waals surface area contributed by atoms with E-state index < -0.39 is 15.8 Å². The molecule has 0 fully saturated rings. The molecule has 0 nitrogen and oxygen atoms in total. The Morgan fingerprint density at radius 3 is 0.462 bits per heavy atom. The fraction of sp³-hybridized carbons (Fsp3) is 0. The van der Waals surface area contributed by atoms with Gasteiger partial charge in [-0.25, -0.2) is 0 Å². The molecule has 0 aliphatic heterocycles. The van der Waals surface area contributed by atoms with E-state index in [1.54, 1.807) is 0 Å². The molecule has 0 saturated heterocycles. The van der Waals surface area contributed by atoms with Gasteiger partial charge in [-0.15, -0.1) is 0 Å². The summed E-state index contributed by atoms with van der Waals surface area (Å²) in [5.41, 5.74) is 0. The molecule has 0 bridgehead atoms. The predicted molar refractivity (Wildman–Crippen MR) is 180 cm³/mol. The summed E-state index contributed by atoms with van der Waals surface area (Å²) in [5.74, 6) is 0. The molecule has 0 N–H and O–H groups in total. The maximum Gasteiger partial charge on any atom is 0.0814 e. The maximum absolute atomic E-state index is 2.23. The zero-order valence-corrected chi connectivity index (χ0v) is 23.0. The average Bonchev–Trinajstić information content (AvgIpc) is 3.01. The van der Waals surface area contributed by atoms with Crippen LogP contribution in [0, 0.1) is 0 Å². The van der Waals surface area contributed by atoms with Crippen LogP contribution >= 0.6 is 15.8 Å². The molecule has 0 aliphatic carbocycles. The van der Waals surface area contributed by atoms with Crippen LogP contribution in [0.1, 0.15) is 0 Å². The van der Waals surface area contributed by atoms with Crippen molar-refractivity contribution in [2.24, 2.45) is 0 Å². The van der Waals surface area contributed by atoms with Crippen molar-refractivity contribution in [2.75, 3.05) is 0 Å². The lowest BCUT2D eigenvalue weighted by atomic mass is 10.4. The minimum atomic E-state index is -0.446. The maximum atomic E-state index is 2.23. The minimum Gasteiger partial charge on any atom is -0.0622 e. The molecule has 0 aliphatic rings. The molecule has 0 saturated carbocycles. The van der Waals surface area contributed by atoms with Crippen molar-refractivity contribution in [3.8, 4) is 0 Å². The molecule has 6 rings (SSSR count). The van der Waals surface area contributed by atoms with Crippen LogP contribution in [0.2, 0.25) is 0 Å². The SMILES string of the molecule is B.c1ccc(P(c2ccccc2)c2ccccc2)cc1.c1ccc(P(c2ccccc2)c2ccccc2)cc1. The second kappa shape index (κ2) is 15.0. The van der Waals surface area contributed by atoms with Gasteiger partial charge in [-0.2, -0.15) is 0 Å². The van der Waals surface area contributed by atoms with E-state index in [9.17, 15) is 0 Å². The molecule has 0 spiro atoms. The summed E-state index contributed by atoms with van der Waals surface area (Å²) in [5, 5.41) is 8.39. The first-order valence-corrected chi connectivity index (χ1v) is 15.5. The van der Waals surface area contributed by atoms with Gasteiger partial charge < -0.3 is 0 Å². The first-order chi connectivity index (χ1) is 18.9. The molecule has 3 heteroatoms. The van der Waals surface area contributed by atoms with E-state index in [2.05, 4.69) is 182 Å². The van der Waals surface area contributed by atoms with Gasteiger partial charge in [-0.05, 0) is 47.7 Å². The number of benzene rings is 6. The summed E-state index contributed by atoms with van der Waals surface area (Å²) in [7, 11) is -0.892. The summed E-state index contributed by atoms with van der Waals surface area (Å²) in [6, 6.07) is 64.7. The van der Waals surface area contributed by atoms with Crippen LogP contribution in [-0.2, 0) is 0 Å². The highest BCUT2D eigenvalue weighted by molar-refractivity contribution is 7.80. The van der Waals surface area contributed by atoms with Gasteiger partial charge >= 0.3 is 0 Å². The summed E-state index contributed by atoms with van der Waals surface area (Å²) in [6.45, 7) is 0. The van der Waals surface area contributed by atoms with Crippen molar-refractivity contribution in [3.05, 3.63) is 182 Å². The first kappa shape index (κ1) is 28.3. The molecule has 190 valence electrons. The topological polar surface area (TPSA) is 0 Å². The van der Waals surface area contributed by atoms with E-state index in [0.29, 0.717) is 0 Å². The molecular weight excluding hydrogens is 505 g/mol. The standard InChI is InChI=1S/2C18H15P.BH3/c2*1-4-10-16(11-5-1)19(17-12-6-2-7-13-17)18-14-8-3-9-15-18;/h2*1-15H;1H3. The fourth-order valence-corrected chi connectivity index (χ4v) is 8.97. The molecule has 0 radical (unpaired) electrons. The highest BCUT2D eigenvalue weighted by Crippen LogP contribution is 2.33. The summed E-state index contributed by atoms with van der Waals surface area (Å²) in [4.78, 5) is 0. The molecule has 39 heavy (non-hydrogen) atoms. The monoisotopic (exact) mass is 538 g/mol. The zero-order chi connectivity index (χ0) is 25.8. The van der Waals surface area contributed by atoms with E-state index >= 15 is 0 Å². The molecule has 0 heterocycles. The summed E-state index contributed by atoms with van der Waals surface area (Å²) >= 11 is 0. The van der Waals surface area contributed by atoms with E-state index in [1.807, 2.05) is 0 Å². The van der Waals surface area contributed by atoms with Gasteiger partial charge in [0.05, 0.1) is 8.41 Å². The van der Waals surface area contributed by atoms with E-state index in [-0.39, 0.29) is 8.41 Å². The lowest BCUT2D eigenvalue weighted by Gasteiger charge is -2.18. The third-order valence-electron chi connectivity index (χ3n) is 6.09. The third kappa shape index (κ3) is 7.65. The minimum absolute atomic E-state index is 0. The number of rotatable bonds is 6. The van der Waals surface area contributed by atoms with Gasteiger partial charge in [0.2, 0.25) is 0 Å². The van der Waals surface area contributed by atoms with Crippen molar-refractivity contribution in [2.45, 2.75) is 0 Å². The Bertz CT molecular complexity index is 1170. The molecule has 6 aromatic carbocycles. The quantitative estimate of drug-likeness (QED) is 0.189.